The highest BCUT2D eigenvalue weighted by atomic mass is 16.5. The van der Waals surface area contributed by atoms with Gasteiger partial charge in [-0.2, -0.15) is 0 Å². The highest BCUT2D eigenvalue weighted by Gasteiger charge is 2.21. The zero-order valence-corrected chi connectivity index (χ0v) is 14.3. The molecule has 1 atom stereocenters. The monoisotopic (exact) mass is 324 g/mol. The summed E-state index contributed by atoms with van der Waals surface area (Å²) in [4.78, 5) is 19.4. The molecule has 0 radical (unpaired) electrons. The fourth-order valence-electron chi connectivity index (χ4n) is 3.75. The van der Waals surface area contributed by atoms with Gasteiger partial charge in [0.15, 0.2) is 0 Å². The molecular formula is C17H32N4O2. The van der Waals surface area contributed by atoms with Crippen LogP contribution in [0.25, 0.3) is 0 Å². The molecule has 3 saturated heterocycles. The minimum atomic E-state index is 0.144. The molecule has 3 heterocycles. The number of rotatable bonds is 7. The number of carbonyl (C=O) groups is 1. The molecule has 0 saturated carbocycles. The van der Waals surface area contributed by atoms with E-state index in [0.717, 1.165) is 45.6 Å². The first-order valence-corrected chi connectivity index (χ1v) is 9.35. The number of hydrogen-bond acceptors (Lipinski definition) is 5. The average molecular weight is 324 g/mol. The largest absolute Gasteiger partial charge is 0.376 e. The van der Waals surface area contributed by atoms with Gasteiger partial charge in [0.2, 0.25) is 5.91 Å². The van der Waals surface area contributed by atoms with Crippen molar-refractivity contribution in [3.05, 3.63) is 0 Å². The molecule has 0 aromatic heterocycles. The Labute approximate surface area is 140 Å². The molecule has 1 N–H and O–H groups in total. The van der Waals surface area contributed by atoms with E-state index in [4.69, 9.17) is 4.74 Å². The first-order valence-electron chi connectivity index (χ1n) is 9.35. The second kappa shape index (κ2) is 8.97. The first kappa shape index (κ1) is 17.1. The lowest BCUT2D eigenvalue weighted by molar-refractivity contribution is -0.123. The van der Waals surface area contributed by atoms with Crippen LogP contribution in [0.2, 0.25) is 0 Å². The molecule has 0 aliphatic carbocycles. The number of ether oxygens (including phenoxy) is 1. The van der Waals surface area contributed by atoms with Crippen molar-refractivity contribution in [2.24, 2.45) is 0 Å². The summed E-state index contributed by atoms with van der Waals surface area (Å²) in [6, 6.07) is 0. The lowest BCUT2D eigenvalue weighted by atomic mass is 10.2. The van der Waals surface area contributed by atoms with Crippen LogP contribution in [0.5, 0.6) is 0 Å². The number of amides is 1. The van der Waals surface area contributed by atoms with E-state index in [1.54, 1.807) is 0 Å². The molecular weight excluding hydrogens is 292 g/mol. The van der Waals surface area contributed by atoms with E-state index in [1.165, 1.54) is 39.0 Å². The molecule has 132 valence electrons. The van der Waals surface area contributed by atoms with Crippen molar-refractivity contribution in [1.29, 1.82) is 0 Å². The highest BCUT2D eigenvalue weighted by molar-refractivity contribution is 5.78. The van der Waals surface area contributed by atoms with Crippen LogP contribution in [0.1, 0.15) is 25.7 Å². The molecule has 6 nitrogen and oxygen atoms in total. The quantitative estimate of drug-likeness (QED) is 0.714. The van der Waals surface area contributed by atoms with Crippen LogP contribution in [0, 0.1) is 0 Å². The van der Waals surface area contributed by atoms with Crippen molar-refractivity contribution in [3.8, 4) is 0 Å². The highest BCUT2D eigenvalue weighted by Crippen LogP contribution is 2.10. The Morgan fingerprint density at radius 1 is 0.913 bits per heavy atom. The van der Waals surface area contributed by atoms with Crippen LogP contribution in [0.3, 0.4) is 0 Å². The van der Waals surface area contributed by atoms with E-state index in [-0.39, 0.29) is 12.0 Å². The van der Waals surface area contributed by atoms with Crippen molar-refractivity contribution in [2.75, 3.05) is 72.1 Å². The Morgan fingerprint density at radius 3 is 2.22 bits per heavy atom. The summed E-state index contributed by atoms with van der Waals surface area (Å²) in [5.74, 6) is 0.144. The summed E-state index contributed by atoms with van der Waals surface area (Å²) in [7, 11) is 0. The summed E-state index contributed by atoms with van der Waals surface area (Å²) < 4.78 is 5.54. The maximum absolute atomic E-state index is 12.0. The van der Waals surface area contributed by atoms with Crippen LogP contribution in [-0.4, -0.2) is 98.8 Å². The van der Waals surface area contributed by atoms with E-state index in [9.17, 15) is 4.79 Å². The minimum Gasteiger partial charge on any atom is -0.376 e. The van der Waals surface area contributed by atoms with Crippen molar-refractivity contribution >= 4 is 5.91 Å². The molecule has 0 aromatic rings. The number of carbonyl (C=O) groups excluding carboxylic acids is 1. The van der Waals surface area contributed by atoms with Crippen molar-refractivity contribution in [1.82, 2.24) is 20.0 Å². The van der Waals surface area contributed by atoms with Gasteiger partial charge in [-0.1, -0.05) is 0 Å². The Hall–Kier alpha value is -0.690. The zero-order valence-electron chi connectivity index (χ0n) is 14.3. The van der Waals surface area contributed by atoms with Crippen molar-refractivity contribution < 1.29 is 9.53 Å². The second-order valence-electron chi connectivity index (χ2n) is 7.11. The second-order valence-corrected chi connectivity index (χ2v) is 7.11. The minimum absolute atomic E-state index is 0.144. The fourth-order valence-corrected chi connectivity index (χ4v) is 3.75. The van der Waals surface area contributed by atoms with Crippen LogP contribution in [0.4, 0.5) is 0 Å². The predicted molar refractivity (Wildman–Crippen MR) is 90.5 cm³/mol. The summed E-state index contributed by atoms with van der Waals surface area (Å²) >= 11 is 0. The van der Waals surface area contributed by atoms with Gasteiger partial charge >= 0.3 is 0 Å². The number of nitrogens with zero attached hydrogens (tertiary/aromatic N) is 3. The molecule has 1 unspecified atom stereocenters. The van der Waals surface area contributed by atoms with Gasteiger partial charge in [-0.25, -0.2) is 0 Å². The van der Waals surface area contributed by atoms with E-state index in [0.29, 0.717) is 13.1 Å². The molecule has 3 rings (SSSR count). The van der Waals surface area contributed by atoms with Crippen LogP contribution < -0.4 is 5.32 Å². The number of hydrogen-bond donors (Lipinski definition) is 1. The Kier molecular flexibility index (Phi) is 6.68. The maximum atomic E-state index is 12.0. The number of piperazine rings is 1. The lowest BCUT2D eigenvalue weighted by Gasteiger charge is -2.35. The van der Waals surface area contributed by atoms with Crippen LogP contribution >= 0.6 is 0 Å². The third-order valence-corrected chi connectivity index (χ3v) is 5.31. The van der Waals surface area contributed by atoms with Gasteiger partial charge in [-0.05, 0) is 38.8 Å². The summed E-state index contributed by atoms with van der Waals surface area (Å²) in [6.45, 7) is 11.2. The Bertz CT molecular complexity index is 360. The first-order chi connectivity index (χ1) is 11.3. The summed E-state index contributed by atoms with van der Waals surface area (Å²) in [6.07, 6.45) is 5.18. The average Bonchev–Trinajstić information content (AvgIpc) is 3.26. The summed E-state index contributed by atoms with van der Waals surface area (Å²) in [5.41, 5.74) is 0. The van der Waals surface area contributed by atoms with E-state index >= 15 is 0 Å². The van der Waals surface area contributed by atoms with Gasteiger partial charge in [-0.3, -0.25) is 14.6 Å². The molecule has 1 amide bonds. The van der Waals surface area contributed by atoms with Gasteiger partial charge in [0.25, 0.3) is 0 Å². The molecule has 3 fully saturated rings. The molecule has 6 heteroatoms. The molecule has 0 aromatic carbocycles. The van der Waals surface area contributed by atoms with Gasteiger partial charge in [0.05, 0.1) is 12.6 Å². The van der Waals surface area contributed by atoms with Crippen molar-refractivity contribution in [3.63, 3.8) is 0 Å². The van der Waals surface area contributed by atoms with Crippen LogP contribution in [0.15, 0.2) is 0 Å². The van der Waals surface area contributed by atoms with E-state index in [2.05, 4.69) is 20.0 Å². The van der Waals surface area contributed by atoms with Gasteiger partial charge in [0, 0.05) is 52.4 Å². The molecule has 0 bridgehead atoms. The summed E-state index contributed by atoms with van der Waals surface area (Å²) in [5, 5.41) is 3.02. The van der Waals surface area contributed by atoms with Gasteiger partial charge in [-0.15, -0.1) is 0 Å². The lowest BCUT2D eigenvalue weighted by Crippen LogP contribution is -2.51. The molecule has 3 aliphatic heterocycles. The Morgan fingerprint density at radius 2 is 1.57 bits per heavy atom. The zero-order chi connectivity index (χ0) is 15.9. The maximum Gasteiger partial charge on any atom is 0.234 e. The smallest absolute Gasteiger partial charge is 0.234 e. The molecule has 3 aliphatic rings. The Balaban J connectivity index is 1.25. The standard InChI is InChI=1S/C17H32N4O2/c22-17(18-14-16-4-3-13-23-16)15-21-11-9-20(10-12-21)8-7-19-5-1-2-6-19/h16H,1-15H2,(H,18,22). The number of nitrogens with one attached hydrogen (secondary N) is 1. The van der Waals surface area contributed by atoms with Gasteiger partial charge < -0.3 is 15.0 Å². The third-order valence-electron chi connectivity index (χ3n) is 5.31. The van der Waals surface area contributed by atoms with Crippen molar-refractivity contribution in [2.45, 2.75) is 31.8 Å². The fraction of sp³-hybridized carbons (Fsp3) is 0.941. The van der Waals surface area contributed by atoms with Crippen LogP contribution in [-0.2, 0) is 9.53 Å². The normalized spacial score (nSPS) is 27.6. The topological polar surface area (TPSA) is 48.1 Å². The molecule has 23 heavy (non-hydrogen) atoms. The molecule has 0 spiro atoms. The predicted octanol–water partition coefficient (Wildman–Crippen LogP) is -0.00500. The number of likely N-dealkylation sites (tertiary alicyclic amines) is 1. The van der Waals surface area contributed by atoms with E-state index < -0.39 is 0 Å². The SMILES string of the molecule is O=C(CN1CCN(CCN2CCCC2)CC1)NCC1CCCO1. The van der Waals surface area contributed by atoms with Gasteiger partial charge in [0.1, 0.15) is 0 Å². The third kappa shape index (κ3) is 5.71. The van der Waals surface area contributed by atoms with E-state index in [1.807, 2.05) is 0 Å².